The van der Waals surface area contributed by atoms with Crippen LogP contribution < -0.4 is 10.1 Å². The fraction of sp³-hybridized carbons (Fsp3) is 0.238. The van der Waals surface area contributed by atoms with Gasteiger partial charge in [0.05, 0.1) is 25.0 Å². The van der Waals surface area contributed by atoms with Crippen LogP contribution in [0.4, 0.5) is 11.4 Å². The first-order valence-electron chi connectivity index (χ1n) is 8.64. The number of rotatable bonds is 7. The number of fused-ring (bicyclic) bond motifs is 1. The predicted octanol–water partition coefficient (Wildman–Crippen LogP) is 4.46. The van der Waals surface area contributed by atoms with Crippen LogP contribution in [0.5, 0.6) is 5.75 Å². The van der Waals surface area contributed by atoms with Crippen LogP contribution in [-0.2, 0) is 6.61 Å². The number of aliphatic hydroxyl groups is 1. The first-order chi connectivity index (χ1) is 12.7. The molecular formula is C21H22N2O3. The Morgan fingerprint density at radius 1 is 1.19 bits per heavy atom. The SMILES string of the molecule is CCCC(=O)c1cnc2c(OC)cccc2c1Nc1ccccc1CO. The monoisotopic (exact) mass is 350 g/mol. The second kappa shape index (κ2) is 7.97. The van der Waals surface area contributed by atoms with E-state index in [1.54, 1.807) is 13.3 Å². The highest BCUT2D eigenvalue weighted by Gasteiger charge is 2.17. The smallest absolute Gasteiger partial charge is 0.166 e. The quantitative estimate of drug-likeness (QED) is 0.616. The molecular weight excluding hydrogens is 328 g/mol. The van der Waals surface area contributed by atoms with E-state index in [1.807, 2.05) is 49.4 Å². The summed E-state index contributed by atoms with van der Waals surface area (Å²) in [6.45, 7) is 1.89. The first kappa shape index (κ1) is 17.9. The van der Waals surface area contributed by atoms with E-state index in [0.29, 0.717) is 28.9 Å². The number of nitrogens with zero attached hydrogens (tertiary/aromatic N) is 1. The number of methoxy groups -OCH3 is 1. The van der Waals surface area contributed by atoms with E-state index in [1.165, 1.54) is 0 Å². The molecule has 1 aromatic heterocycles. The molecule has 26 heavy (non-hydrogen) atoms. The van der Waals surface area contributed by atoms with Crippen molar-refractivity contribution >= 4 is 28.1 Å². The molecule has 1 heterocycles. The highest BCUT2D eigenvalue weighted by molar-refractivity contribution is 6.09. The summed E-state index contributed by atoms with van der Waals surface area (Å²) in [7, 11) is 1.60. The Bertz CT molecular complexity index is 938. The van der Waals surface area contributed by atoms with E-state index < -0.39 is 0 Å². The molecule has 3 aromatic rings. The summed E-state index contributed by atoms with van der Waals surface area (Å²) >= 11 is 0. The van der Waals surface area contributed by atoms with Gasteiger partial charge in [-0.05, 0) is 18.6 Å². The Morgan fingerprint density at radius 2 is 2.00 bits per heavy atom. The molecule has 5 nitrogen and oxygen atoms in total. The molecule has 0 saturated heterocycles. The summed E-state index contributed by atoms with van der Waals surface area (Å²) in [5.41, 5.74) is 3.44. The van der Waals surface area contributed by atoms with Crippen LogP contribution in [0.2, 0.25) is 0 Å². The van der Waals surface area contributed by atoms with Crippen LogP contribution in [0.15, 0.2) is 48.7 Å². The van der Waals surface area contributed by atoms with Gasteiger partial charge in [-0.3, -0.25) is 9.78 Å². The average molecular weight is 350 g/mol. The third kappa shape index (κ3) is 3.39. The zero-order valence-corrected chi connectivity index (χ0v) is 15.0. The molecule has 0 atom stereocenters. The number of nitrogens with one attached hydrogen (secondary N) is 1. The van der Waals surface area contributed by atoms with Crippen molar-refractivity contribution in [2.75, 3.05) is 12.4 Å². The molecule has 5 heteroatoms. The molecule has 0 amide bonds. The molecule has 0 saturated carbocycles. The Morgan fingerprint density at radius 3 is 2.73 bits per heavy atom. The number of ketones is 1. The summed E-state index contributed by atoms with van der Waals surface area (Å²) in [6, 6.07) is 13.1. The van der Waals surface area contributed by atoms with Crippen molar-refractivity contribution < 1.29 is 14.6 Å². The van der Waals surface area contributed by atoms with Crippen molar-refractivity contribution in [3.63, 3.8) is 0 Å². The lowest BCUT2D eigenvalue weighted by Gasteiger charge is -2.17. The van der Waals surface area contributed by atoms with Gasteiger partial charge in [0, 0.05) is 29.3 Å². The van der Waals surface area contributed by atoms with Gasteiger partial charge >= 0.3 is 0 Å². The molecule has 0 aliphatic carbocycles. The number of hydrogen-bond acceptors (Lipinski definition) is 5. The van der Waals surface area contributed by atoms with Gasteiger partial charge in [0.25, 0.3) is 0 Å². The van der Waals surface area contributed by atoms with Crippen molar-refractivity contribution in [3.8, 4) is 5.75 Å². The fourth-order valence-electron chi connectivity index (χ4n) is 2.98. The third-order valence-corrected chi connectivity index (χ3v) is 4.31. The average Bonchev–Trinajstić information content (AvgIpc) is 2.68. The van der Waals surface area contributed by atoms with E-state index in [0.717, 1.165) is 23.1 Å². The molecule has 3 rings (SSSR count). The molecule has 0 aliphatic rings. The van der Waals surface area contributed by atoms with Crippen LogP contribution >= 0.6 is 0 Å². The Balaban J connectivity index is 2.21. The fourth-order valence-corrected chi connectivity index (χ4v) is 2.98. The zero-order valence-electron chi connectivity index (χ0n) is 15.0. The highest BCUT2D eigenvalue weighted by Crippen LogP contribution is 2.34. The van der Waals surface area contributed by atoms with Crippen LogP contribution in [0, 0.1) is 0 Å². The second-order valence-electron chi connectivity index (χ2n) is 6.02. The van der Waals surface area contributed by atoms with Gasteiger partial charge in [0.15, 0.2) is 5.78 Å². The van der Waals surface area contributed by atoms with E-state index in [2.05, 4.69) is 10.3 Å². The maximum Gasteiger partial charge on any atom is 0.166 e. The minimum absolute atomic E-state index is 0.0358. The maximum atomic E-state index is 12.6. The summed E-state index contributed by atoms with van der Waals surface area (Å²) in [4.78, 5) is 17.1. The lowest BCUT2D eigenvalue weighted by Crippen LogP contribution is -2.07. The number of para-hydroxylation sites is 2. The van der Waals surface area contributed by atoms with Crippen molar-refractivity contribution in [2.24, 2.45) is 0 Å². The normalized spacial score (nSPS) is 10.7. The molecule has 0 aliphatic heterocycles. The number of ether oxygens (including phenoxy) is 1. The van der Waals surface area contributed by atoms with Gasteiger partial charge in [-0.15, -0.1) is 0 Å². The topological polar surface area (TPSA) is 71.5 Å². The van der Waals surface area contributed by atoms with Gasteiger partial charge in [-0.2, -0.15) is 0 Å². The minimum Gasteiger partial charge on any atom is -0.494 e. The van der Waals surface area contributed by atoms with Crippen LogP contribution in [0.3, 0.4) is 0 Å². The van der Waals surface area contributed by atoms with Crippen LogP contribution in [0.25, 0.3) is 10.9 Å². The molecule has 0 unspecified atom stereocenters. The number of benzene rings is 2. The van der Waals surface area contributed by atoms with Crippen molar-refractivity contribution in [2.45, 2.75) is 26.4 Å². The summed E-state index contributed by atoms with van der Waals surface area (Å²) in [5, 5.41) is 13.8. The number of Topliss-reactive ketones (excluding diaryl/α,β-unsaturated/α-hetero) is 1. The second-order valence-corrected chi connectivity index (χ2v) is 6.02. The number of carbonyl (C=O) groups excluding carboxylic acids is 1. The third-order valence-electron chi connectivity index (χ3n) is 4.31. The number of aromatic nitrogens is 1. The van der Waals surface area contributed by atoms with Gasteiger partial charge in [-0.1, -0.05) is 37.3 Å². The van der Waals surface area contributed by atoms with Crippen molar-refractivity contribution in [1.29, 1.82) is 0 Å². The molecule has 0 bridgehead atoms. The molecule has 0 radical (unpaired) electrons. The van der Waals surface area contributed by atoms with Gasteiger partial charge in [0.1, 0.15) is 11.3 Å². The van der Waals surface area contributed by atoms with Gasteiger partial charge < -0.3 is 15.2 Å². The van der Waals surface area contributed by atoms with Gasteiger partial charge in [0.2, 0.25) is 0 Å². The van der Waals surface area contributed by atoms with Gasteiger partial charge in [-0.25, -0.2) is 0 Å². The lowest BCUT2D eigenvalue weighted by molar-refractivity contribution is 0.0982. The minimum atomic E-state index is -0.0895. The number of pyridine rings is 1. The number of hydrogen-bond donors (Lipinski definition) is 2. The Hall–Kier alpha value is -2.92. The first-order valence-corrected chi connectivity index (χ1v) is 8.64. The van der Waals surface area contributed by atoms with Crippen molar-refractivity contribution in [3.05, 3.63) is 59.8 Å². The highest BCUT2D eigenvalue weighted by atomic mass is 16.5. The summed E-state index contributed by atoms with van der Waals surface area (Å²) in [5.74, 6) is 0.684. The number of carbonyl (C=O) groups is 1. The van der Waals surface area contributed by atoms with E-state index in [9.17, 15) is 9.90 Å². The standard InChI is InChI=1S/C21H22N2O3/c1-3-7-18(25)16-12-22-21-15(9-6-11-19(21)26-2)20(16)23-17-10-5-4-8-14(17)13-24/h4-6,8-12,24H,3,7,13H2,1-2H3,(H,22,23). The van der Waals surface area contributed by atoms with Crippen molar-refractivity contribution in [1.82, 2.24) is 4.98 Å². The molecule has 2 N–H and O–H groups in total. The van der Waals surface area contributed by atoms with Crippen LogP contribution in [-0.4, -0.2) is 23.0 Å². The molecule has 0 spiro atoms. The molecule has 134 valence electrons. The van der Waals surface area contributed by atoms with E-state index in [-0.39, 0.29) is 12.4 Å². The summed E-state index contributed by atoms with van der Waals surface area (Å²) < 4.78 is 5.41. The predicted molar refractivity (Wildman–Crippen MR) is 103 cm³/mol. The lowest BCUT2D eigenvalue weighted by atomic mass is 10.0. The van der Waals surface area contributed by atoms with E-state index >= 15 is 0 Å². The zero-order chi connectivity index (χ0) is 18.5. The molecule has 2 aromatic carbocycles. The van der Waals surface area contributed by atoms with E-state index in [4.69, 9.17) is 4.74 Å². The molecule has 0 fully saturated rings. The Labute approximate surface area is 152 Å². The Kier molecular flexibility index (Phi) is 5.49. The largest absolute Gasteiger partial charge is 0.494 e. The maximum absolute atomic E-state index is 12.6. The number of aliphatic hydroxyl groups excluding tert-OH is 1. The number of anilines is 2. The van der Waals surface area contributed by atoms with Crippen LogP contribution in [0.1, 0.15) is 35.7 Å². The summed E-state index contributed by atoms with van der Waals surface area (Å²) in [6.07, 6.45) is 2.82.